The third kappa shape index (κ3) is 10.5. The van der Waals surface area contributed by atoms with Gasteiger partial charge in [0.15, 0.2) is 0 Å². The Morgan fingerprint density at radius 2 is 0.530 bits per heavy atom. The first-order valence-corrected chi connectivity index (χ1v) is 45.5. The fraction of sp³-hybridized carbons (Fsp3) is 0.286. The van der Waals surface area contributed by atoms with Crippen LogP contribution in [0, 0.1) is 46.9 Å². The third-order valence-electron chi connectivity index (χ3n) is 13.5. The van der Waals surface area contributed by atoms with E-state index in [1.54, 1.807) is 61.8 Å². The van der Waals surface area contributed by atoms with Crippen LogP contribution in [0.4, 0.5) is 17.6 Å². The summed E-state index contributed by atoms with van der Waals surface area (Å²) in [6.45, 7) is 27.7. The maximum atomic E-state index is 14.6. The Balaban J connectivity index is 0.000000240. The van der Waals surface area contributed by atoms with Crippen molar-refractivity contribution in [2.24, 2.45) is 23.7 Å². The number of allylic oxidation sites excluding steroid dienone is 16. The van der Waals surface area contributed by atoms with Gasteiger partial charge in [-0.15, -0.1) is 24.8 Å². The van der Waals surface area contributed by atoms with Crippen LogP contribution in [-0.2, 0) is 40.1 Å². The normalized spacial score (nSPS) is 20.0. The van der Waals surface area contributed by atoms with E-state index in [0.29, 0.717) is 45.9 Å². The topological polar surface area (TPSA) is 0 Å². The van der Waals surface area contributed by atoms with Crippen molar-refractivity contribution in [3.05, 3.63) is 202 Å². The SMILES string of the molecule is CC1=[C]([Hf]([C]2=C(C)C(c3ccccc3F)=CC2C)=[Si](C)C)C(C)C=C1c1ccccc1F.CC1=[C]([Hf]([C]2=C(C)C(c3ccccc3F)=CC2C)=[Si](C)C)C(C)C=C1c1ccccc1F.Cl.Cl. The molecule has 10 heteroatoms. The van der Waals surface area contributed by atoms with Crippen molar-refractivity contribution in [2.45, 2.75) is 81.6 Å². The molecule has 344 valence electrons. The van der Waals surface area contributed by atoms with E-state index in [-0.39, 0.29) is 48.1 Å². The van der Waals surface area contributed by atoms with E-state index in [9.17, 15) is 17.6 Å². The van der Waals surface area contributed by atoms with Crippen molar-refractivity contribution in [3.8, 4) is 0 Å². The molecule has 0 aliphatic heterocycles. The summed E-state index contributed by atoms with van der Waals surface area (Å²) in [5.41, 5.74) is 11.2. The van der Waals surface area contributed by atoms with Crippen LogP contribution in [0.2, 0.25) is 26.2 Å². The monoisotopic (exact) mass is 1300 g/mol. The molecule has 0 amide bonds. The van der Waals surface area contributed by atoms with Crippen molar-refractivity contribution < 1.29 is 57.7 Å². The largest absolute Gasteiger partial charge is 0.147 e. The number of hydrogen-bond donors (Lipinski definition) is 0. The summed E-state index contributed by atoms with van der Waals surface area (Å²) in [7, 11) is 0. The van der Waals surface area contributed by atoms with Crippen LogP contribution in [0.1, 0.15) is 77.6 Å². The van der Waals surface area contributed by atoms with E-state index in [2.05, 4.69) is 106 Å². The summed E-state index contributed by atoms with van der Waals surface area (Å²) < 4.78 is 65.0. The molecule has 66 heavy (non-hydrogen) atoms. The molecule has 0 nitrogen and oxygen atoms in total. The number of halogens is 6. The smallest absolute Gasteiger partial charge is 0.147 e. The summed E-state index contributed by atoms with van der Waals surface area (Å²) in [6, 6.07) is 28.5. The van der Waals surface area contributed by atoms with Crippen LogP contribution in [-0.4, -0.2) is 11.0 Å². The first-order valence-electron chi connectivity index (χ1n) is 22.5. The van der Waals surface area contributed by atoms with E-state index < -0.39 is 51.1 Å². The zero-order chi connectivity index (χ0) is 46.3. The molecule has 0 fully saturated rings. The van der Waals surface area contributed by atoms with Gasteiger partial charge in [-0.05, 0) is 0 Å². The molecule has 4 aliphatic rings. The molecule has 4 aromatic rings. The van der Waals surface area contributed by atoms with Gasteiger partial charge in [0.2, 0.25) is 0 Å². The molecule has 8 rings (SSSR count). The molecule has 0 spiro atoms. The quantitative estimate of drug-likeness (QED) is 0.122. The third-order valence-corrected chi connectivity index (χ3v) is 65.5. The van der Waals surface area contributed by atoms with Gasteiger partial charge in [0, 0.05) is 0 Å². The summed E-state index contributed by atoms with van der Waals surface area (Å²) in [4.78, 5) is 0. The van der Waals surface area contributed by atoms with Crippen LogP contribution in [0.3, 0.4) is 0 Å². The second-order valence-electron chi connectivity index (χ2n) is 18.3. The van der Waals surface area contributed by atoms with Crippen LogP contribution in [0.5, 0.6) is 0 Å². The summed E-state index contributed by atoms with van der Waals surface area (Å²) >= 11 is -4.91. The molecule has 4 aliphatic carbocycles. The number of hydrogen-bond acceptors (Lipinski definition) is 0. The summed E-state index contributed by atoms with van der Waals surface area (Å²) in [5, 5.41) is 0. The van der Waals surface area contributed by atoms with E-state index in [4.69, 9.17) is 0 Å². The van der Waals surface area contributed by atoms with Crippen molar-refractivity contribution >= 4 is 58.1 Å². The minimum Gasteiger partial charge on any atom is -0.147 e. The molecule has 0 heterocycles. The van der Waals surface area contributed by atoms with E-state index in [1.165, 1.54) is 22.3 Å². The molecule has 4 atom stereocenters. The Bertz CT molecular complexity index is 2540. The van der Waals surface area contributed by atoms with Gasteiger partial charge in [-0.2, -0.15) is 0 Å². The van der Waals surface area contributed by atoms with Gasteiger partial charge in [-0.25, -0.2) is 0 Å². The van der Waals surface area contributed by atoms with Gasteiger partial charge in [0.1, 0.15) is 0 Å². The molecule has 4 aromatic carbocycles. The molecule has 0 saturated heterocycles. The first-order chi connectivity index (χ1) is 30.4. The fourth-order valence-electron chi connectivity index (χ4n) is 10.7. The second kappa shape index (κ2) is 22.8. The number of benzene rings is 4. The number of rotatable bonds is 8. The van der Waals surface area contributed by atoms with Crippen molar-refractivity contribution in [1.29, 1.82) is 0 Å². The maximum absolute atomic E-state index is 14.6. The van der Waals surface area contributed by atoms with Gasteiger partial charge < -0.3 is 0 Å². The Morgan fingerprint density at radius 3 is 0.697 bits per heavy atom. The molecule has 4 unspecified atom stereocenters. The Morgan fingerprint density at radius 1 is 0.348 bits per heavy atom. The Kier molecular flexibility index (Phi) is 18.7. The van der Waals surface area contributed by atoms with Gasteiger partial charge in [0.05, 0.1) is 0 Å². The van der Waals surface area contributed by atoms with Gasteiger partial charge in [0.25, 0.3) is 0 Å². The van der Waals surface area contributed by atoms with E-state index in [0.717, 1.165) is 22.3 Å². The van der Waals surface area contributed by atoms with Crippen LogP contribution in [0.15, 0.2) is 157 Å². The molecule has 0 saturated carbocycles. The second-order valence-corrected chi connectivity index (χ2v) is 65.2. The Labute approximate surface area is 419 Å². The van der Waals surface area contributed by atoms with E-state index >= 15 is 0 Å². The van der Waals surface area contributed by atoms with Crippen molar-refractivity contribution in [3.63, 3.8) is 0 Å². The molecular weight excluding hydrogens is 1230 g/mol. The van der Waals surface area contributed by atoms with Crippen molar-refractivity contribution in [2.75, 3.05) is 0 Å². The van der Waals surface area contributed by atoms with Crippen LogP contribution in [0.25, 0.3) is 22.3 Å². The molecule has 0 bridgehead atoms. The average Bonchev–Trinajstić information content (AvgIpc) is 3.92. The minimum atomic E-state index is -2.45. The molecule has 0 aromatic heterocycles. The predicted octanol–water partition coefficient (Wildman–Crippen LogP) is 17.1. The summed E-state index contributed by atoms with van der Waals surface area (Å²) in [6.07, 6.45) is 9.11. The zero-order valence-corrected chi connectivity index (χ0v) is 51.0. The van der Waals surface area contributed by atoms with Crippen LogP contribution >= 0.6 is 24.8 Å². The predicted molar refractivity (Wildman–Crippen MR) is 274 cm³/mol. The van der Waals surface area contributed by atoms with Gasteiger partial charge in [-0.1, -0.05) is 0 Å². The molecular formula is C56H62Cl2F4Hf2Si2. The zero-order valence-electron chi connectivity index (χ0n) is 40.2. The van der Waals surface area contributed by atoms with Gasteiger partial charge in [-0.3, -0.25) is 0 Å². The van der Waals surface area contributed by atoms with E-state index in [1.807, 2.05) is 48.5 Å². The first kappa shape index (κ1) is 54.2. The fourth-order valence-corrected chi connectivity index (χ4v) is 66.8. The summed E-state index contributed by atoms with van der Waals surface area (Å²) in [5.74, 6) is 0.785. The molecule has 0 radical (unpaired) electrons. The van der Waals surface area contributed by atoms with Gasteiger partial charge >= 0.3 is 399 Å². The van der Waals surface area contributed by atoms with Crippen LogP contribution < -0.4 is 0 Å². The maximum Gasteiger partial charge on any atom is -0.147 e. The molecule has 0 N–H and O–H groups in total. The average molecular weight is 1300 g/mol. The standard InChI is InChI=1S/4C13H12F.2C2H6Si.2ClH.2Hf/c4*1-9-7-10(2)12(8-9)11-5-3-4-6-13(11)14;2*1-3-2;;;;/h4*3-6,8-9H,1-2H3;2*1-2H3;2*1H;;. The minimum absolute atomic E-state index is 0. The van der Waals surface area contributed by atoms with Crippen molar-refractivity contribution in [1.82, 2.24) is 0 Å². The Hall–Kier alpha value is -2.73.